The molecule has 0 unspecified atom stereocenters. The molecule has 0 fully saturated rings. The lowest BCUT2D eigenvalue weighted by molar-refractivity contribution is 0.398. The van der Waals surface area contributed by atoms with E-state index in [1.165, 1.54) is 0 Å². The van der Waals surface area contributed by atoms with Crippen LogP contribution >= 0.6 is 0 Å². The molecule has 0 amide bonds. The van der Waals surface area contributed by atoms with Gasteiger partial charge in [-0.2, -0.15) is 0 Å². The maximum absolute atomic E-state index is 11.6. The van der Waals surface area contributed by atoms with Gasteiger partial charge < -0.3 is 0 Å². The maximum atomic E-state index is 11.6. The number of hydrogen-bond acceptors (Lipinski definition) is 0. The second-order valence-corrected chi connectivity index (χ2v) is 2.29. The molecule has 0 spiro atoms. The molecular formula is C7H11F. The quantitative estimate of drug-likeness (QED) is 0.483. The van der Waals surface area contributed by atoms with Crippen molar-refractivity contribution in [3.8, 4) is 0 Å². The summed E-state index contributed by atoms with van der Waals surface area (Å²) >= 11 is 0. The molecule has 1 aliphatic rings. The zero-order valence-electron chi connectivity index (χ0n) is 4.94. The summed E-state index contributed by atoms with van der Waals surface area (Å²) in [5.74, 6) is 0.625. The van der Waals surface area contributed by atoms with Crippen molar-refractivity contribution in [3.63, 3.8) is 0 Å². The van der Waals surface area contributed by atoms with E-state index in [4.69, 9.17) is 0 Å². The fourth-order valence-corrected chi connectivity index (χ4v) is 1.06. The SMILES string of the molecule is FCCC1CC=CC1. The molecule has 0 N–H and O–H groups in total. The first-order chi connectivity index (χ1) is 3.93. The minimum absolute atomic E-state index is 0.146. The molecule has 0 bridgehead atoms. The Morgan fingerprint density at radius 1 is 1.38 bits per heavy atom. The fraction of sp³-hybridized carbons (Fsp3) is 0.714. The summed E-state index contributed by atoms with van der Waals surface area (Å²) < 4.78 is 11.6. The molecule has 0 aliphatic heterocycles. The molecule has 1 heteroatoms. The van der Waals surface area contributed by atoms with Gasteiger partial charge in [0.15, 0.2) is 0 Å². The Balaban J connectivity index is 2.10. The average molecular weight is 114 g/mol. The normalized spacial score (nSPS) is 20.1. The summed E-state index contributed by atoms with van der Waals surface area (Å²) in [4.78, 5) is 0. The summed E-state index contributed by atoms with van der Waals surface area (Å²) in [6.45, 7) is -0.146. The highest BCUT2D eigenvalue weighted by Gasteiger charge is 2.08. The summed E-state index contributed by atoms with van der Waals surface area (Å²) in [6, 6.07) is 0. The van der Waals surface area contributed by atoms with E-state index in [0.717, 1.165) is 19.3 Å². The van der Waals surface area contributed by atoms with Crippen LogP contribution in [0.25, 0.3) is 0 Å². The van der Waals surface area contributed by atoms with Crippen LogP contribution in [0.1, 0.15) is 19.3 Å². The highest BCUT2D eigenvalue weighted by atomic mass is 19.1. The van der Waals surface area contributed by atoms with Crippen LogP contribution in [-0.2, 0) is 0 Å². The van der Waals surface area contributed by atoms with Gasteiger partial charge in [0.25, 0.3) is 0 Å². The van der Waals surface area contributed by atoms with Gasteiger partial charge in [0.1, 0.15) is 0 Å². The molecule has 1 rings (SSSR count). The van der Waals surface area contributed by atoms with Crippen LogP contribution in [0.4, 0.5) is 4.39 Å². The molecule has 0 atom stereocenters. The van der Waals surface area contributed by atoms with Crippen LogP contribution < -0.4 is 0 Å². The number of alkyl halides is 1. The van der Waals surface area contributed by atoms with Gasteiger partial charge in [-0.3, -0.25) is 4.39 Å². The minimum Gasteiger partial charge on any atom is -0.251 e. The van der Waals surface area contributed by atoms with Crippen molar-refractivity contribution in [2.45, 2.75) is 19.3 Å². The molecule has 0 saturated carbocycles. The molecule has 1 aliphatic carbocycles. The maximum Gasteiger partial charge on any atom is 0.0897 e. The van der Waals surface area contributed by atoms with Crippen molar-refractivity contribution in [2.75, 3.05) is 6.67 Å². The van der Waals surface area contributed by atoms with Gasteiger partial charge in [0.2, 0.25) is 0 Å². The van der Waals surface area contributed by atoms with E-state index in [0.29, 0.717) is 5.92 Å². The Kier molecular flexibility index (Phi) is 2.07. The van der Waals surface area contributed by atoms with E-state index >= 15 is 0 Å². The lowest BCUT2D eigenvalue weighted by atomic mass is 10.0. The zero-order valence-corrected chi connectivity index (χ0v) is 4.94. The molecule has 0 radical (unpaired) electrons. The Morgan fingerprint density at radius 3 is 2.50 bits per heavy atom. The van der Waals surface area contributed by atoms with E-state index in [1.54, 1.807) is 0 Å². The minimum atomic E-state index is -0.146. The van der Waals surface area contributed by atoms with Crippen molar-refractivity contribution in [1.82, 2.24) is 0 Å². The predicted octanol–water partition coefficient (Wildman–Crippen LogP) is 2.31. The molecule has 0 aromatic rings. The van der Waals surface area contributed by atoms with E-state index in [9.17, 15) is 4.39 Å². The number of halogens is 1. The third-order valence-electron chi connectivity index (χ3n) is 1.62. The molecule has 0 heterocycles. The van der Waals surface area contributed by atoms with Crippen molar-refractivity contribution < 1.29 is 4.39 Å². The zero-order chi connectivity index (χ0) is 5.82. The van der Waals surface area contributed by atoms with Gasteiger partial charge in [0.05, 0.1) is 6.67 Å². The Labute approximate surface area is 49.4 Å². The smallest absolute Gasteiger partial charge is 0.0897 e. The first-order valence-electron chi connectivity index (χ1n) is 3.14. The molecule has 46 valence electrons. The van der Waals surface area contributed by atoms with Crippen molar-refractivity contribution in [3.05, 3.63) is 12.2 Å². The van der Waals surface area contributed by atoms with Crippen molar-refractivity contribution in [2.24, 2.45) is 5.92 Å². The summed E-state index contributed by atoms with van der Waals surface area (Å²) in [5, 5.41) is 0. The molecule has 0 aromatic carbocycles. The standard InChI is InChI=1S/C7H11F/c8-6-5-7-3-1-2-4-7/h1-2,7H,3-6H2. The van der Waals surface area contributed by atoms with E-state index in [2.05, 4.69) is 12.2 Å². The van der Waals surface area contributed by atoms with Crippen LogP contribution in [0.2, 0.25) is 0 Å². The molecular weight excluding hydrogens is 103 g/mol. The highest BCUT2D eigenvalue weighted by molar-refractivity contribution is 4.93. The Bertz CT molecular complexity index is 78.4. The molecule has 0 aromatic heterocycles. The van der Waals surface area contributed by atoms with Crippen molar-refractivity contribution in [1.29, 1.82) is 0 Å². The van der Waals surface area contributed by atoms with Crippen molar-refractivity contribution >= 4 is 0 Å². The number of rotatable bonds is 2. The number of hydrogen-bond donors (Lipinski definition) is 0. The van der Waals surface area contributed by atoms with E-state index in [1.807, 2.05) is 0 Å². The van der Waals surface area contributed by atoms with Gasteiger partial charge in [-0.15, -0.1) is 0 Å². The van der Waals surface area contributed by atoms with Crippen LogP contribution in [-0.4, -0.2) is 6.67 Å². The lowest BCUT2D eigenvalue weighted by Crippen LogP contribution is -1.93. The van der Waals surface area contributed by atoms with Crippen LogP contribution in [0.3, 0.4) is 0 Å². The molecule has 8 heavy (non-hydrogen) atoms. The van der Waals surface area contributed by atoms with Gasteiger partial charge in [-0.1, -0.05) is 12.2 Å². The fourth-order valence-electron chi connectivity index (χ4n) is 1.06. The monoisotopic (exact) mass is 114 g/mol. The first-order valence-corrected chi connectivity index (χ1v) is 3.14. The van der Waals surface area contributed by atoms with Crippen LogP contribution in [0.5, 0.6) is 0 Å². The van der Waals surface area contributed by atoms with Gasteiger partial charge in [0, 0.05) is 0 Å². The topological polar surface area (TPSA) is 0 Å². The number of allylic oxidation sites excluding steroid dienone is 2. The summed E-state index contributed by atoms with van der Waals surface area (Å²) in [5.41, 5.74) is 0. The van der Waals surface area contributed by atoms with Gasteiger partial charge >= 0.3 is 0 Å². The summed E-state index contributed by atoms with van der Waals surface area (Å²) in [7, 11) is 0. The largest absolute Gasteiger partial charge is 0.251 e. The lowest BCUT2D eigenvalue weighted by Gasteiger charge is -2.02. The van der Waals surface area contributed by atoms with E-state index < -0.39 is 0 Å². The Morgan fingerprint density at radius 2 is 2.00 bits per heavy atom. The first kappa shape index (κ1) is 5.80. The van der Waals surface area contributed by atoms with Gasteiger partial charge in [-0.25, -0.2) is 0 Å². The van der Waals surface area contributed by atoms with Gasteiger partial charge in [-0.05, 0) is 25.2 Å². The van der Waals surface area contributed by atoms with E-state index in [-0.39, 0.29) is 6.67 Å². The third kappa shape index (κ3) is 1.32. The predicted molar refractivity (Wildman–Crippen MR) is 32.5 cm³/mol. The molecule has 0 nitrogen and oxygen atoms in total. The summed E-state index contributed by atoms with van der Waals surface area (Å²) in [6.07, 6.45) is 7.24. The second-order valence-electron chi connectivity index (χ2n) is 2.29. The highest BCUT2D eigenvalue weighted by Crippen LogP contribution is 2.20. The molecule has 0 saturated heterocycles. The average Bonchev–Trinajstić information content (AvgIpc) is 2.19. The third-order valence-corrected chi connectivity index (χ3v) is 1.62. The second kappa shape index (κ2) is 2.85. The van der Waals surface area contributed by atoms with Crippen LogP contribution in [0, 0.1) is 5.92 Å². The Hall–Kier alpha value is -0.330. The van der Waals surface area contributed by atoms with Crippen LogP contribution in [0.15, 0.2) is 12.2 Å².